The van der Waals surface area contributed by atoms with E-state index >= 15 is 0 Å². The Morgan fingerprint density at radius 3 is 1.93 bits per heavy atom. The van der Waals surface area contributed by atoms with Gasteiger partial charge in [-0.3, -0.25) is 0 Å². The van der Waals surface area contributed by atoms with Crippen LogP contribution in [0.15, 0.2) is 18.2 Å². The van der Waals surface area contributed by atoms with Gasteiger partial charge >= 0.3 is 11.0 Å². The van der Waals surface area contributed by atoms with Gasteiger partial charge in [0.1, 0.15) is 0 Å². The highest BCUT2D eigenvalue weighted by Gasteiger charge is 2.46. The second-order valence-corrected chi connectivity index (χ2v) is 8.92. The molecular weight excluding hydrogens is 450 g/mol. The molecule has 1 aromatic heterocycles. The summed E-state index contributed by atoms with van der Waals surface area (Å²) in [5.41, 5.74) is -9.09. The number of nitrogens with zero attached hydrogens (tertiary/aromatic N) is 2. The van der Waals surface area contributed by atoms with Gasteiger partial charge in [0.25, 0.3) is 0 Å². The summed E-state index contributed by atoms with van der Waals surface area (Å²) < 4.78 is 111. The molecule has 0 unspecified atom stereocenters. The summed E-state index contributed by atoms with van der Waals surface area (Å²) in [6, 6.07) is 0. The molecule has 158 valence electrons. The van der Waals surface area contributed by atoms with Gasteiger partial charge < -0.3 is 9.23 Å². The van der Waals surface area contributed by atoms with E-state index in [1.807, 2.05) is 6.08 Å². The molecule has 0 aliphatic carbocycles. The van der Waals surface area contributed by atoms with E-state index in [4.69, 9.17) is 5.11 Å². The van der Waals surface area contributed by atoms with Crippen LogP contribution in [0.4, 0.5) is 26.3 Å². The first-order chi connectivity index (χ1) is 12.0. The number of hydrogen-bond acceptors (Lipinski definition) is 6. The Kier molecular flexibility index (Phi) is 8.89. The van der Waals surface area contributed by atoms with Crippen LogP contribution >= 0.6 is 11.3 Å². The lowest BCUT2D eigenvalue weighted by molar-refractivity contribution is -0.688. The van der Waals surface area contributed by atoms with E-state index in [0.29, 0.717) is 0 Å². The minimum Gasteiger partial charge on any atom is -0.421 e. The minimum absolute atomic E-state index is 0.232. The first-order valence-corrected chi connectivity index (χ1v) is 10.3. The molecule has 7 nitrogen and oxygen atoms in total. The quantitative estimate of drug-likeness (QED) is 0.394. The number of hydrogen-bond donors (Lipinski definition) is 1. The molecule has 1 N–H and O–H groups in total. The van der Waals surface area contributed by atoms with Crippen LogP contribution in [0.2, 0.25) is 0 Å². The third-order valence-electron chi connectivity index (χ3n) is 2.60. The topological polar surface area (TPSA) is 106 Å². The van der Waals surface area contributed by atoms with Crippen LogP contribution in [0, 0.1) is 6.92 Å². The number of aromatic nitrogens is 1. The monoisotopic (exact) mass is 464 g/mol. The maximum Gasteiger partial charge on any atom is 0.480 e. The van der Waals surface area contributed by atoms with Crippen molar-refractivity contribution >= 4 is 31.4 Å². The highest BCUT2D eigenvalue weighted by Crippen LogP contribution is 2.36. The largest absolute Gasteiger partial charge is 0.480 e. The van der Waals surface area contributed by atoms with Gasteiger partial charge in [0, 0.05) is 20.0 Å². The molecule has 0 aliphatic rings. The first-order valence-electron chi connectivity index (χ1n) is 6.55. The molecule has 0 atom stereocenters. The summed E-state index contributed by atoms with van der Waals surface area (Å²) in [5.74, 6) is 0. The van der Waals surface area contributed by atoms with Gasteiger partial charge in [0.15, 0.2) is 32.3 Å². The molecule has 1 rings (SSSR count). The zero-order valence-electron chi connectivity index (χ0n) is 13.5. The van der Waals surface area contributed by atoms with Crippen LogP contribution in [-0.4, -0.2) is 39.6 Å². The van der Waals surface area contributed by atoms with Gasteiger partial charge in [0.05, 0.1) is 4.88 Å². The van der Waals surface area contributed by atoms with Crippen molar-refractivity contribution in [2.75, 3.05) is 6.61 Å². The lowest BCUT2D eigenvalue weighted by atomic mass is 10.3. The van der Waals surface area contributed by atoms with E-state index in [0.717, 1.165) is 17.1 Å². The fourth-order valence-electron chi connectivity index (χ4n) is 1.33. The third-order valence-corrected chi connectivity index (χ3v) is 6.49. The van der Waals surface area contributed by atoms with Crippen molar-refractivity contribution in [2.45, 2.75) is 30.9 Å². The molecule has 0 aromatic carbocycles. The third kappa shape index (κ3) is 7.36. The Balaban J connectivity index is 0.000000511. The zero-order chi connectivity index (χ0) is 21.7. The van der Waals surface area contributed by atoms with Crippen LogP contribution in [0.1, 0.15) is 10.6 Å². The lowest BCUT2D eigenvalue weighted by Crippen LogP contribution is -2.33. The summed E-state index contributed by atoms with van der Waals surface area (Å²) in [6.45, 7) is 6.85. The molecule has 0 amide bonds. The Hall–Kier alpha value is -1.23. The SMILES string of the molecule is C=CC[n+]1csc(CCO)c1C.O=S(=O)([N-]S(=O)(=O)C(F)(F)F)C(F)(F)F. The summed E-state index contributed by atoms with van der Waals surface area (Å²) >= 11 is 1.70. The molecule has 27 heavy (non-hydrogen) atoms. The van der Waals surface area contributed by atoms with Crippen LogP contribution in [0.3, 0.4) is 0 Å². The molecule has 0 saturated carbocycles. The summed E-state index contributed by atoms with van der Waals surface area (Å²) in [6.07, 6.45) is 2.64. The first kappa shape index (κ1) is 25.8. The molecule has 16 heteroatoms. The smallest absolute Gasteiger partial charge is 0.421 e. The molecule has 0 spiro atoms. The number of rotatable bonds is 6. The number of halogens is 6. The van der Waals surface area contributed by atoms with Gasteiger partial charge in [-0.2, -0.15) is 30.9 Å². The summed E-state index contributed by atoms with van der Waals surface area (Å²) in [5, 5.41) is 8.76. The highest BCUT2D eigenvalue weighted by atomic mass is 32.3. The van der Waals surface area contributed by atoms with E-state index < -0.39 is 31.1 Å². The van der Waals surface area contributed by atoms with Crippen molar-refractivity contribution in [1.82, 2.24) is 0 Å². The molecule has 0 saturated heterocycles. The fourth-order valence-corrected chi connectivity index (χ4v) is 4.03. The normalized spacial score (nSPS) is 13.0. The predicted octanol–water partition coefficient (Wildman–Crippen LogP) is 2.12. The average Bonchev–Trinajstić information content (AvgIpc) is 2.78. The second kappa shape index (κ2) is 9.31. The Labute approximate surface area is 155 Å². The van der Waals surface area contributed by atoms with E-state index in [-0.39, 0.29) is 6.61 Å². The van der Waals surface area contributed by atoms with Crippen LogP contribution in [0.5, 0.6) is 0 Å². The Morgan fingerprint density at radius 1 is 1.15 bits per heavy atom. The number of sulfonamides is 2. The van der Waals surface area contributed by atoms with Crippen molar-refractivity contribution in [3.05, 3.63) is 32.9 Å². The molecular formula is C11H14F6N2O5S3. The number of thiazole rings is 1. The lowest BCUT2D eigenvalue weighted by Gasteiger charge is -2.22. The minimum atomic E-state index is -6.72. The standard InChI is InChI=1S/C9H14NOS.C2F6NO4S2/c1-3-5-10-7-12-9(4-6-11)8(10)2;3-1(4,5)14(10,11)9-15(12,13)2(6,7)8/h3,7,11H,1,4-6H2,2H3;/q+1;-1. The molecule has 0 radical (unpaired) electrons. The van der Waals surface area contributed by atoms with Gasteiger partial charge in [-0.05, 0) is 6.08 Å². The maximum atomic E-state index is 11.4. The van der Waals surface area contributed by atoms with Crippen molar-refractivity contribution in [1.29, 1.82) is 0 Å². The van der Waals surface area contributed by atoms with Crippen LogP contribution < -0.4 is 4.57 Å². The zero-order valence-corrected chi connectivity index (χ0v) is 15.9. The number of aliphatic hydroxyl groups excluding tert-OH is 1. The molecule has 0 bridgehead atoms. The number of aliphatic hydroxyl groups is 1. The Morgan fingerprint density at radius 2 is 1.59 bits per heavy atom. The average molecular weight is 464 g/mol. The molecule has 1 heterocycles. The Bertz CT molecular complexity index is 801. The fraction of sp³-hybridized carbons (Fsp3) is 0.545. The number of alkyl halides is 6. The van der Waals surface area contributed by atoms with Crippen LogP contribution in [-0.2, 0) is 33.0 Å². The van der Waals surface area contributed by atoms with Crippen LogP contribution in [0.25, 0.3) is 4.13 Å². The van der Waals surface area contributed by atoms with Gasteiger partial charge in [-0.25, -0.2) is 16.8 Å². The maximum absolute atomic E-state index is 11.4. The predicted molar refractivity (Wildman–Crippen MR) is 83.5 cm³/mol. The summed E-state index contributed by atoms with van der Waals surface area (Å²) in [7, 11) is -13.4. The van der Waals surface area contributed by atoms with Crippen molar-refractivity contribution in [3.63, 3.8) is 0 Å². The van der Waals surface area contributed by atoms with E-state index in [1.165, 1.54) is 10.6 Å². The van der Waals surface area contributed by atoms with Crippen molar-refractivity contribution in [3.8, 4) is 0 Å². The van der Waals surface area contributed by atoms with Gasteiger partial charge in [-0.1, -0.05) is 17.9 Å². The number of allylic oxidation sites excluding steroid dienone is 1. The molecule has 0 fully saturated rings. The molecule has 0 aliphatic heterocycles. The van der Waals surface area contributed by atoms with Gasteiger partial charge in [-0.15, -0.1) is 0 Å². The van der Waals surface area contributed by atoms with Gasteiger partial charge in [0.2, 0.25) is 5.51 Å². The van der Waals surface area contributed by atoms with E-state index in [1.54, 1.807) is 11.3 Å². The highest BCUT2D eigenvalue weighted by molar-refractivity contribution is 8.13. The summed E-state index contributed by atoms with van der Waals surface area (Å²) in [4.78, 5) is 1.26. The van der Waals surface area contributed by atoms with Crippen molar-refractivity contribution in [2.24, 2.45) is 0 Å². The second-order valence-electron chi connectivity index (χ2n) is 4.56. The molecule has 1 aromatic rings. The van der Waals surface area contributed by atoms with E-state index in [9.17, 15) is 43.2 Å². The van der Waals surface area contributed by atoms with Crippen molar-refractivity contribution < 1.29 is 52.9 Å². The van der Waals surface area contributed by atoms with E-state index in [2.05, 4.69) is 23.6 Å².